The smallest absolute Gasteiger partial charge is 0.224 e. The molecule has 1 amide bonds. The average molecular weight is 332 g/mol. The second kappa shape index (κ2) is 6.43. The molecule has 0 radical (unpaired) electrons. The van der Waals surface area contributed by atoms with E-state index in [9.17, 15) is 13.2 Å². The molecule has 1 atom stereocenters. The number of carbonyl (C=O) groups is 1. The van der Waals surface area contributed by atoms with Gasteiger partial charge in [0.05, 0.1) is 0 Å². The first-order valence-electron chi connectivity index (χ1n) is 7.90. The van der Waals surface area contributed by atoms with E-state index in [1.54, 1.807) is 4.90 Å². The van der Waals surface area contributed by atoms with Crippen molar-refractivity contribution < 1.29 is 13.2 Å². The normalized spacial score (nSPS) is 25.9. The Balaban J connectivity index is 1.96. The van der Waals surface area contributed by atoms with Crippen LogP contribution in [-0.2, 0) is 14.8 Å². The Morgan fingerprint density at radius 2 is 1.82 bits per heavy atom. The Labute approximate surface area is 133 Å². The Morgan fingerprint density at radius 1 is 1.23 bits per heavy atom. The Kier molecular flexibility index (Phi) is 5.16. The molecule has 1 unspecified atom stereocenters. The highest BCUT2D eigenvalue weighted by Gasteiger charge is 2.40. The molecule has 7 nitrogen and oxygen atoms in total. The minimum atomic E-state index is -3.64. The largest absolute Gasteiger partial charge is 0.339 e. The number of carbonyl (C=O) groups excluding carboxylic acids is 1. The number of nitrogens with zero attached hydrogens (tertiary/aromatic N) is 3. The van der Waals surface area contributed by atoms with Crippen molar-refractivity contribution in [1.29, 1.82) is 0 Å². The third-order valence-electron chi connectivity index (χ3n) is 4.90. The molecule has 8 heteroatoms. The minimum Gasteiger partial charge on any atom is -0.339 e. The first-order valence-corrected chi connectivity index (χ1v) is 9.51. The van der Waals surface area contributed by atoms with Crippen molar-refractivity contribution in [2.75, 3.05) is 45.8 Å². The molecular formula is C14H28N4O3S. The van der Waals surface area contributed by atoms with Crippen LogP contribution in [0.15, 0.2) is 0 Å². The first kappa shape index (κ1) is 17.7. The summed E-state index contributed by atoms with van der Waals surface area (Å²) in [6, 6.07) is 0. The van der Waals surface area contributed by atoms with E-state index in [4.69, 9.17) is 5.14 Å². The molecule has 2 fully saturated rings. The maximum Gasteiger partial charge on any atom is 0.224 e. The number of hydrogen-bond donors (Lipinski definition) is 1. The first-order chi connectivity index (χ1) is 10.1. The van der Waals surface area contributed by atoms with Gasteiger partial charge in [-0.25, -0.2) is 13.6 Å². The van der Waals surface area contributed by atoms with Gasteiger partial charge in [0.1, 0.15) is 5.25 Å². The fourth-order valence-corrected chi connectivity index (χ4v) is 4.11. The predicted octanol–water partition coefficient (Wildman–Crippen LogP) is -0.708. The number of rotatable bonds is 5. The van der Waals surface area contributed by atoms with Gasteiger partial charge < -0.3 is 9.80 Å². The van der Waals surface area contributed by atoms with Crippen molar-refractivity contribution >= 4 is 15.9 Å². The molecule has 0 aromatic carbocycles. The van der Waals surface area contributed by atoms with Gasteiger partial charge in [0.2, 0.25) is 15.9 Å². The molecule has 2 saturated heterocycles. The Hall–Kier alpha value is -0.700. The summed E-state index contributed by atoms with van der Waals surface area (Å²) in [5.41, 5.74) is -0.164. The summed E-state index contributed by atoms with van der Waals surface area (Å²) >= 11 is 0. The van der Waals surface area contributed by atoms with Gasteiger partial charge in [-0.05, 0) is 20.4 Å². The molecule has 0 aromatic rings. The molecule has 2 N–H and O–H groups in total. The van der Waals surface area contributed by atoms with E-state index in [-0.39, 0.29) is 24.4 Å². The summed E-state index contributed by atoms with van der Waals surface area (Å²) in [7, 11) is -3.64. The summed E-state index contributed by atoms with van der Waals surface area (Å²) in [6.07, 6.45) is 0.0124. The van der Waals surface area contributed by atoms with Crippen LogP contribution >= 0.6 is 0 Å². The molecule has 128 valence electrons. The molecule has 2 heterocycles. The lowest BCUT2D eigenvalue weighted by Gasteiger charge is -2.45. The number of likely N-dealkylation sites (tertiary alicyclic amines) is 1. The third kappa shape index (κ3) is 3.98. The number of amides is 1. The highest BCUT2D eigenvalue weighted by Crippen LogP contribution is 2.23. The molecule has 0 bridgehead atoms. The maximum atomic E-state index is 12.1. The van der Waals surface area contributed by atoms with E-state index in [0.29, 0.717) is 6.54 Å². The number of sulfonamides is 1. The molecule has 2 aliphatic rings. The quantitative estimate of drug-likeness (QED) is 0.719. The van der Waals surface area contributed by atoms with Gasteiger partial charge in [-0.1, -0.05) is 6.92 Å². The fourth-order valence-electron chi connectivity index (χ4n) is 3.35. The van der Waals surface area contributed by atoms with E-state index in [2.05, 4.69) is 30.6 Å². The van der Waals surface area contributed by atoms with Crippen LogP contribution in [0.3, 0.4) is 0 Å². The molecule has 0 spiro atoms. The van der Waals surface area contributed by atoms with Crippen LogP contribution in [0.1, 0.15) is 27.2 Å². The van der Waals surface area contributed by atoms with Gasteiger partial charge in [-0.15, -0.1) is 0 Å². The van der Waals surface area contributed by atoms with Crippen LogP contribution in [0.5, 0.6) is 0 Å². The van der Waals surface area contributed by atoms with Gasteiger partial charge in [-0.3, -0.25) is 9.69 Å². The summed E-state index contributed by atoms with van der Waals surface area (Å²) in [5, 5.41) is 4.42. The molecule has 22 heavy (non-hydrogen) atoms. The lowest BCUT2D eigenvalue weighted by Crippen LogP contribution is -2.58. The number of primary sulfonamides is 1. The maximum absolute atomic E-state index is 12.1. The monoisotopic (exact) mass is 332 g/mol. The zero-order chi connectivity index (χ0) is 16.5. The highest BCUT2D eigenvalue weighted by molar-refractivity contribution is 7.89. The van der Waals surface area contributed by atoms with Gasteiger partial charge in [0.25, 0.3) is 0 Å². The van der Waals surface area contributed by atoms with Gasteiger partial charge in [0, 0.05) is 51.2 Å². The van der Waals surface area contributed by atoms with Crippen molar-refractivity contribution in [2.45, 2.75) is 38.0 Å². The van der Waals surface area contributed by atoms with E-state index < -0.39 is 15.3 Å². The van der Waals surface area contributed by atoms with Gasteiger partial charge in [0.15, 0.2) is 0 Å². The molecule has 0 saturated carbocycles. The highest BCUT2D eigenvalue weighted by atomic mass is 32.2. The summed E-state index contributed by atoms with van der Waals surface area (Å²) in [6.45, 7) is 12.2. The van der Waals surface area contributed by atoms with E-state index >= 15 is 0 Å². The molecule has 0 aliphatic carbocycles. The molecule has 2 aliphatic heterocycles. The van der Waals surface area contributed by atoms with Crippen LogP contribution < -0.4 is 5.14 Å². The summed E-state index contributed by atoms with van der Waals surface area (Å²) in [5.74, 6) is -0.112. The van der Waals surface area contributed by atoms with Crippen molar-refractivity contribution in [3.8, 4) is 0 Å². The van der Waals surface area contributed by atoms with Crippen molar-refractivity contribution in [1.82, 2.24) is 14.7 Å². The topological polar surface area (TPSA) is 86.9 Å². The number of piperazine rings is 1. The van der Waals surface area contributed by atoms with Crippen LogP contribution in [-0.4, -0.2) is 85.6 Å². The third-order valence-corrected chi connectivity index (χ3v) is 6.14. The van der Waals surface area contributed by atoms with Crippen molar-refractivity contribution in [3.63, 3.8) is 0 Å². The number of likely N-dealkylation sites (N-methyl/N-ethyl adjacent to an activating group) is 1. The molecular weight excluding hydrogens is 304 g/mol. The second-order valence-electron chi connectivity index (χ2n) is 6.92. The van der Waals surface area contributed by atoms with Crippen molar-refractivity contribution in [3.05, 3.63) is 0 Å². The van der Waals surface area contributed by atoms with Crippen LogP contribution in [0, 0.1) is 0 Å². The minimum absolute atomic E-state index is 0.0124. The van der Waals surface area contributed by atoms with Crippen LogP contribution in [0.4, 0.5) is 0 Å². The van der Waals surface area contributed by atoms with Gasteiger partial charge >= 0.3 is 0 Å². The molecule has 0 aromatic heterocycles. The second-order valence-corrected chi connectivity index (χ2v) is 8.77. The van der Waals surface area contributed by atoms with E-state index in [1.165, 1.54) is 0 Å². The molecule has 2 rings (SSSR count). The SMILES string of the molecule is CCN1CCN(C(C)(C)CN2CC(S(N)(=O)=O)CC2=O)CC1. The fraction of sp³-hybridized carbons (Fsp3) is 0.929. The van der Waals surface area contributed by atoms with Crippen LogP contribution in [0.25, 0.3) is 0 Å². The Bertz CT molecular complexity index is 512. The van der Waals surface area contributed by atoms with E-state index in [0.717, 1.165) is 32.7 Å². The van der Waals surface area contributed by atoms with Crippen molar-refractivity contribution in [2.24, 2.45) is 5.14 Å². The standard InChI is InChI=1S/C14H28N4O3S/c1-4-16-5-7-18(8-6-16)14(2,3)11-17-10-12(9-13(17)19)22(15,20)21/h12H,4-11H2,1-3H3,(H2,15,20,21). The predicted molar refractivity (Wildman–Crippen MR) is 85.9 cm³/mol. The van der Waals surface area contributed by atoms with Crippen LogP contribution in [0.2, 0.25) is 0 Å². The zero-order valence-electron chi connectivity index (χ0n) is 13.8. The average Bonchev–Trinajstić information content (AvgIpc) is 2.80. The van der Waals surface area contributed by atoms with Gasteiger partial charge in [-0.2, -0.15) is 0 Å². The van der Waals surface area contributed by atoms with E-state index in [1.807, 2.05) is 0 Å². The Morgan fingerprint density at radius 3 is 2.27 bits per heavy atom. The zero-order valence-corrected chi connectivity index (χ0v) is 14.6. The number of hydrogen-bond acceptors (Lipinski definition) is 5. The summed E-state index contributed by atoms with van der Waals surface area (Å²) < 4.78 is 22.9. The number of nitrogens with two attached hydrogens (primary N) is 1. The lowest BCUT2D eigenvalue weighted by molar-refractivity contribution is -0.129. The summed E-state index contributed by atoms with van der Waals surface area (Å²) in [4.78, 5) is 18.5. The lowest BCUT2D eigenvalue weighted by atomic mass is 10.0.